The normalized spacial score (nSPS) is 22.3. The lowest BCUT2D eigenvalue weighted by molar-refractivity contribution is -0.145. The van der Waals surface area contributed by atoms with Gasteiger partial charge in [0.2, 0.25) is 0 Å². The van der Waals surface area contributed by atoms with Crippen LogP contribution in [-0.2, 0) is 11.3 Å². The Labute approximate surface area is 105 Å². The minimum Gasteiger partial charge on any atom is -0.481 e. The smallest absolute Gasteiger partial charge is 0.306 e. The van der Waals surface area contributed by atoms with Crippen LogP contribution in [0.5, 0.6) is 0 Å². The standard InChI is InChI=1S/C12H17N3O3/c1-2-5-15-10(3-4-13-15)11(16)14-9-6-8(7-9)12(17)18/h3-4,8-9H,2,5-7H2,1H3,(H,14,16)(H,17,18). The Morgan fingerprint density at radius 3 is 2.89 bits per heavy atom. The average molecular weight is 251 g/mol. The van der Waals surface area contributed by atoms with Crippen molar-refractivity contribution >= 4 is 11.9 Å². The van der Waals surface area contributed by atoms with Gasteiger partial charge in [-0.25, -0.2) is 0 Å². The van der Waals surface area contributed by atoms with Crippen molar-refractivity contribution in [3.05, 3.63) is 18.0 Å². The molecule has 0 radical (unpaired) electrons. The summed E-state index contributed by atoms with van der Waals surface area (Å²) >= 11 is 0. The minimum absolute atomic E-state index is 0.0245. The van der Waals surface area contributed by atoms with Crippen molar-refractivity contribution in [1.29, 1.82) is 0 Å². The fourth-order valence-electron chi connectivity index (χ4n) is 2.11. The number of carbonyl (C=O) groups is 2. The fourth-order valence-corrected chi connectivity index (χ4v) is 2.11. The molecular formula is C12H17N3O3. The van der Waals surface area contributed by atoms with Gasteiger partial charge in [-0.15, -0.1) is 0 Å². The van der Waals surface area contributed by atoms with Crippen LogP contribution in [0.25, 0.3) is 0 Å². The zero-order chi connectivity index (χ0) is 13.1. The number of rotatable bonds is 5. The highest BCUT2D eigenvalue weighted by atomic mass is 16.4. The lowest BCUT2D eigenvalue weighted by Crippen LogP contribution is -2.47. The molecule has 1 aliphatic rings. The highest BCUT2D eigenvalue weighted by Crippen LogP contribution is 2.27. The second-order valence-corrected chi connectivity index (χ2v) is 4.62. The minimum atomic E-state index is -0.781. The van der Waals surface area contributed by atoms with E-state index < -0.39 is 5.97 Å². The quantitative estimate of drug-likeness (QED) is 0.813. The molecule has 6 heteroatoms. The number of carboxylic acids is 1. The van der Waals surface area contributed by atoms with Crippen LogP contribution in [0.2, 0.25) is 0 Å². The van der Waals surface area contributed by atoms with Gasteiger partial charge in [0.05, 0.1) is 5.92 Å². The monoisotopic (exact) mass is 251 g/mol. The predicted molar refractivity (Wildman–Crippen MR) is 64.1 cm³/mol. The Morgan fingerprint density at radius 2 is 2.28 bits per heavy atom. The summed E-state index contributed by atoms with van der Waals surface area (Å²) in [6.07, 6.45) is 3.55. The second-order valence-electron chi connectivity index (χ2n) is 4.62. The largest absolute Gasteiger partial charge is 0.481 e. The SMILES string of the molecule is CCCn1nccc1C(=O)NC1CC(C(=O)O)C1. The maximum atomic E-state index is 12.0. The van der Waals surface area contributed by atoms with E-state index in [0.717, 1.165) is 6.42 Å². The maximum absolute atomic E-state index is 12.0. The average Bonchev–Trinajstić information content (AvgIpc) is 2.70. The first kappa shape index (κ1) is 12.6. The first-order valence-electron chi connectivity index (χ1n) is 6.17. The zero-order valence-electron chi connectivity index (χ0n) is 10.3. The predicted octanol–water partition coefficient (Wildman–Crippen LogP) is 0.886. The molecule has 98 valence electrons. The molecule has 6 nitrogen and oxygen atoms in total. The maximum Gasteiger partial charge on any atom is 0.306 e. The molecule has 18 heavy (non-hydrogen) atoms. The lowest BCUT2D eigenvalue weighted by Gasteiger charge is -2.32. The van der Waals surface area contributed by atoms with Gasteiger partial charge in [0.25, 0.3) is 5.91 Å². The van der Waals surface area contributed by atoms with E-state index in [2.05, 4.69) is 10.4 Å². The molecule has 0 aliphatic heterocycles. The highest BCUT2D eigenvalue weighted by molar-refractivity contribution is 5.92. The number of hydrogen-bond donors (Lipinski definition) is 2. The van der Waals surface area contributed by atoms with Crippen molar-refractivity contribution in [2.24, 2.45) is 5.92 Å². The lowest BCUT2D eigenvalue weighted by atomic mass is 9.80. The first-order chi connectivity index (χ1) is 8.61. The van der Waals surface area contributed by atoms with Crippen molar-refractivity contribution < 1.29 is 14.7 Å². The summed E-state index contributed by atoms with van der Waals surface area (Å²) < 4.78 is 1.67. The number of hydrogen-bond acceptors (Lipinski definition) is 3. The molecule has 1 heterocycles. The Morgan fingerprint density at radius 1 is 1.56 bits per heavy atom. The van der Waals surface area contributed by atoms with Crippen molar-refractivity contribution in [1.82, 2.24) is 15.1 Å². The summed E-state index contributed by atoms with van der Waals surface area (Å²) in [5.41, 5.74) is 0.538. The molecule has 0 unspecified atom stereocenters. The number of nitrogens with one attached hydrogen (secondary N) is 1. The number of aryl methyl sites for hydroxylation is 1. The summed E-state index contributed by atoms with van der Waals surface area (Å²) in [7, 11) is 0. The van der Waals surface area contributed by atoms with Gasteiger partial charge in [-0.1, -0.05) is 6.92 Å². The van der Waals surface area contributed by atoms with E-state index in [4.69, 9.17) is 5.11 Å². The molecule has 2 N–H and O–H groups in total. The van der Waals surface area contributed by atoms with E-state index in [1.54, 1.807) is 16.9 Å². The van der Waals surface area contributed by atoms with Crippen LogP contribution in [0.15, 0.2) is 12.3 Å². The molecule has 0 saturated heterocycles. The van der Waals surface area contributed by atoms with Gasteiger partial charge < -0.3 is 10.4 Å². The van der Waals surface area contributed by atoms with Gasteiger partial charge in [-0.05, 0) is 25.3 Å². The van der Waals surface area contributed by atoms with Gasteiger partial charge in [0.1, 0.15) is 5.69 Å². The van der Waals surface area contributed by atoms with E-state index in [1.165, 1.54) is 0 Å². The molecule has 1 aromatic rings. The summed E-state index contributed by atoms with van der Waals surface area (Å²) in [5, 5.41) is 15.7. The third kappa shape index (κ3) is 2.52. The van der Waals surface area contributed by atoms with Crippen LogP contribution in [0.4, 0.5) is 0 Å². The third-order valence-electron chi connectivity index (χ3n) is 3.21. The topological polar surface area (TPSA) is 84.2 Å². The molecule has 0 aromatic carbocycles. The van der Waals surface area contributed by atoms with E-state index in [1.807, 2.05) is 6.92 Å². The van der Waals surface area contributed by atoms with Crippen LogP contribution < -0.4 is 5.32 Å². The van der Waals surface area contributed by atoms with Gasteiger partial charge in [-0.3, -0.25) is 14.3 Å². The number of nitrogens with zero attached hydrogens (tertiary/aromatic N) is 2. The summed E-state index contributed by atoms with van der Waals surface area (Å²) in [6, 6.07) is 1.65. The van der Waals surface area contributed by atoms with Gasteiger partial charge in [0, 0.05) is 18.8 Å². The Balaban J connectivity index is 1.89. The summed E-state index contributed by atoms with van der Waals surface area (Å²) in [4.78, 5) is 22.6. The number of amides is 1. The van der Waals surface area contributed by atoms with Crippen LogP contribution in [0.1, 0.15) is 36.7 Å². The van der Waals surface area contributed by atoms with Gasteiger partial charge in [0.15, 0.2) is 0 Å². The van der Waals surface area contributed by atoms with Crippen molar-refractivity contribution in [3.8, 4) is 0 Å². The molecule has 1 aromatic heterocycles. The molecular weight excluding hydrogens is 234 g/mol. The highest BCUT2D eigenvalue weighted by Gasteiger charge is 2.35. The number of carboxylic acid groups (broad SMARTS) is 1. The van der Waals surface area contributed by atoms with Gasteiger partial charge in [-0.2, -0.15) is 5.10 Å². The molecule has 1 saturated carbocycles. The van der Waals surface area contributed by atoms with Crippen LogP contribution >= 0.6 is 0 Å². The Hall–Kier alpha value is -1.85. The van der Waals surface area contributed by atoms with Crippen LogP contribution in [-0.4, -0.2) is 32.8 Å². The molecule has 1 aliphatic carbocycles. The molecule has 1 amide bonds. The van der Waals surface area contributed by atoms with Crippen molar-refractivity contribution in [3.63, 3.8) is 0 Å². The third-order valence-corrected chi connectivity index (χ3v) is 3.21. The summed E-state index contributed by atoms with van der Waals surface area (Å²) in [6.45, 7) is 2.73. The number of aromatic nitrogens is 2. The number of carbonyl (C=O) groups excluding carboxylic acids is 1. The van der Waals surface area contributed by atoms with Crippen LogP contribution in [0.3, 0.4) is 0 Å². The molecule has 0 bridgehead atoms. The van der Waals surface area contributed by atoms with Gasteiger partial charge >= 0.3 is 5.97 Å². The first-order valence-corrected chi connectivity index (χ1v) is 6.17. The fraction of sp³-hybridized carbons (Fsp3) is 0.583. The Kier molecular flexibility index (Phi) is 3.64. The van der Waals surface area contributed by atoms with E-state index >= 15 is 0 Å². The molecule has 2 rings (SSSR count). The summed E-state index contributed by atoms with van der Waals surface area (Å²) in [5.74, 6) is -1.26. The number of aliphatic carboxylic acids is 1. The van der Waals surface area contributed by atoms with Crippen LogP contribution in [0, 0.1) is 5.92 Å². The van der Waals surface area contributed by atoms with E-state index in [9.17, 15) is 9.59 Å². The van der Waals surface area contributed by atoms with Crippen molar-refractivity contribution in [2.75, 3.05) is 0 Å². The zero-order valence-corrected chi connectivity index (χ0v) is 10.3. The molecule has 0 atom stereocenters. The molecule has 1 fully saturated rings. The van der Waals surface area contributed by atoms with E-state index in [0.29, 0.717) is 25.1 Å². The second kappa shape index (κ2) is 5.20. The Bertz CT molecular complexity index is 449. The molecule has 0 spiro atoms. The van der Waals surface area contributed by atoms with E-state index in [-0.39, 0.29) is 17.9 Å². The van der Waals surface area contributed by atoms with Crippen molar-refractivity contribution in [2.45, 2.75) is 38.8 Å².